The van der Waals surface area contributed by atoms with Gasteiger partial charge in [0, 0.05) is 11.6 Å². The Morgan fingerprint density at radius 3 is 2.61 bits per heavy atom. The lowest BCUT2D eigenvalue weighted by molar-refractivity contribution is 0.554. The predicted octanol–water partition coefficient (Wildman–Crippen LogP) is 4.20. The second-order valence-electron chi connectivity index (χ2n) is 7.04. The molecule has 5 nitrogen and oxygen atoms in total. The zero-order chi connectivity index (χ0) is 19.1. The molecule has 1 heterocycles. The number of rotatable bonds is 4. The highest BCUT2D eigenvalue weighted by Gasteiger charge is 2.27. The van der Waals surface area contributed by atoms with E-state index in [4.69, 9.17) is 0 Å². The first-order valence-corrected chi connectivity index (χ1v) is 10.7. The summed E-state index contributed by atoms with van der Waals surface area (Å²) >= 11 is 0. The third-order valence-electron chi connectivity index (χ3n) is 5.24. The van der Waals surface area contributed by atoms with Crippen LogP contribution in [0.1, 0.15) is 23.6 Å². The van der Waals surface area contributed by atoms with Crippen molar-refractivity contribution in [3.05, 3.63) is 83.9 Å². The fourth-order valence-corrected chi connectivity index (χ4v) is 5.10. The topological polar surface area (TPSA) is 74.8 Å². The summed E-state index contributed by atoms with van der Waals surface area (Å²) in [6, 6.07) is 22.6. The van der Waals surface area contributed by atoms with Crippen molar-refractivity contribution in [1.82, 2.24) is 14.7 Å². The van der Waals surface area contributed by atoms with Gasteiger partial charge in [0.15, 0.2) is 0 Å². The minimum absolute atomic E-state index is 0.182. The first-order chi connectivity index (χ1) is 13.6. The maximum absolute atomic E-state index is 13.0. The van der Waals surface area contributed by atoms with Crippen molar-refractivity contribution in [1.29, 1.82) is 0 Å². The molecule has 0 radical (unpaired) electrons. The van der Waals surface area contributed by atoms with Crippen LogP contribution in [0.2, 0.25) is 0 Å². The molecule has 0 saturated carbocycles. The molecule has 3 aromatic carbocycles. The predicted molar refractivity (Wildman–Crippen MR) is 109 cm³/mol. The van der Waals surface area contributed by atoms with Gasteiger partial charge < -0.3 is 4.98 Å². The zero-order valence-electron chi connectivity index (χ0n) is 15.1. The molecule has 0 saturated heterocycles. The van der Waals surface area contributed by atoms with E-state index >= 15 is 0 Å². The lowest BCUT2D eigenvalue weighted by Crippen LogP contribution is -2.27. The monoisotopic (exact) mass is 389 g/mol. The number of hydrogen-bond donors (Lipinski definition) is 2. The van der Waals surface area contributed by atoms with E-state index in [0.29, 0.717) is 5.52 Å². The lowest BCUT2D eigenvalue weighted by atomic mass is 10.1. The minimum atomic E-state index is -3.63. The Hall–Kier alpha value is -2.96. The van der Waals surface area contributed by atoms with Gasteiger partial charge in [0.1, 0.15) is 5.82 Å². The van der Waals surface area contributed by atoms with Gasteiger partial charge >= 0.3 is 0 Å². The minimum Gasteiger partial charge on any atom is -0.338 e. The van der Waals surface area contributed by atoms with E-state index < -0.39 is 10.0 Å². The van der Waals surface area contributed by atoms with Gasteiger partial charge in [-0.25, -0.2) is 18.1 Å². The number of sulfonamides is 1. The summed E-state index contributed by atoms with van der Waals surface area (Å²) < 4.78 is 28.8. The first-order valence-electron chi connectivity index (χ1n) is 9.25. The molecular formula is C22H19N3O2S. The number of benzene rings is 3. The molecule has 1 aromatic heterocycles. The Bertz CT molecular complexity index is 1260. The molecule has 0 spiro atoms. The molecule has 6 heteroatoms. The van der Waals surface area contributed by atoms with Gasteiger partial charge in [-0.3, -0.25) is 0 Å². The van der Waals surface area contributed by atoms with Crippen LogP contribution in [0, 0.1) is 0 Å². The summed E-state index contributed by atoms with van der Waals surface area (Å²) in [7, 11) is -3.63. The van der Waals surface area contributed by atoms with Crippen LogP contribution in [0.3, 0.4) is 0 Å². The van der Waals surface area contributed by atoms with Crippen LogP contribution < -0.4 is 4.72 Å². The normalized spacial score (nSPS) is 16.4. The van der Waals surface area contributed by atoms with E-state index in [1.165, 1.54) is 5.56 Å². The molecule has 0 amide bonds. The van der Waals surface area contributed by atoms with Crippen molar-refractivity contribution in [2.75, 3.05) is 0 Å². The molecular weight excluding hydrogens is 370 g/mol. The molecule has 4 aromatic rings. The molecule has 0 aliphatic heterocycles. The second kappa shape index (κ2) is 6.58. The third-order valence-corrected chi connectivity index (χ3v) is 6.71. The Balaban J connectivity index is 1.47. The number of hydrogen-bond acceptors (Lipinski definition) is 3. The van der Waals surface area contributed by atoms with Crippen molar-refractivity contribution in [3.63, 3.8) is 0 Å². The average molecular weight is 389 g/mol. The van der Waals surface area contributed by atoms with Crippen molar-refractivity contribution in [2.24, 2.45) is 0 Å². The highest BCUT2D eigenvalue weighted by molar-refractivity contribution is 7.89. The Morgan fingerprint density at radius 1 is 0.964 bits per heavy atom. The van der Waals surface area contributed by atoms with Gasteiger partial charge in [-0.05, 0) is 42.2 Å². The van der Waals surface area contributed by atoms with Crippen LogP contribution in [0.4, 0.5) is 0 Å². The number of imidazole rings is 1. The van der Waals surface area contributed by atoms with E-state index in [-0.39, 0.29) is 10.9 Å². The lowest BCUT2D eigenvalue weighted by Gasteiger charge is -2.14. The number of nitrogens with one attached hydrogen (secondary N) is 2. The first kappa shape index (κ1) is 17.2. The number of aryl methyl sites for hydroxylation is 1. The highest BCUT2D eigenvalue weighted by atomic mass is 32.2. The summed E-state index contributed by atoms with van der Waals surface area (Å²) in [5.74, 6) is 0.725. The Kier molecular flexibility index (Phi) is 4.03. The molecule has 1 aliphatic carbocycles. The van der Waals surface area contributed by atoms with Crippen molar-refractivity contribution < 1.29 is 8.42 Å². The standard InChI is InChI=1S/C22H19N3O2S/c26-28(27,25-19-12-10-15-6-4-5-9-18(15)19)17-11-13-20-21(14-17)24-22(23-20)16-7-2-1-3-8-16/h1-9,11,13-14,19,25H,10,12H2,(H,23,24). The maximum Gasteiger partial charge on any atom is 0.241 e. The maximum atomic E-state index is 13.0. The average Bonchev–Trinajstić information content (AvgIpc) is 3.32. The Labute approximate surface area is 163 Å². The molecule has 0 fully saturated rings. The van der Waals surface area contributed by atoms with Crippen LogP contribution >= 0.6 is 0 Å². The summed E-state index contributed by atoms with van der Waals surface area (Å²) in [5.41, 5.74) is 4.69. The fourth-order valence-electron chi connectivity index (χ4n) is 3.82. The van der Waals surface area contributed by atoms with E-state index in [2.05, 4.69) is 20.8 Å². The van der Waals surface area contributed by atoms with Gasteiger partial charge in [0.2, 0.25) is 10.0 Å². The molecule has 2 N–H and O–H groups in total. The number of fused-ring (bicyclic) bond motifs is 2. The van der Waals surface area contributed by atoms with E-state index in [9.17, 15) is 8.42 Å². The van der Waals surface area contributed by atoms with Gasteiger partial charge in [-0.2, -0.15) is 0 Å². The number of H-pyrrole nitrogens is 1. The second-order valence-corrected chi connectivity index (χ2v) is 8.76. The molecule has 5 rings (SSSR count). The zero-order valence-corrected chi connectivity index (χ0v) is 15.9. The van der Waals surface area contributed by atoms with Crippen LogP contribution in [0.5, 0.6) is 0 Å². The summed E-state index contributed by atoms with van der Waals surface area (Å²) in [5, 5.41) is 0. The summed E-state index contributed by atoms with van der Waals surface area (Å²) in [6.07, 6.45) is 1.67. The molecule has 28 heavy (non-hydrogen) atoms. The molecule has 1 atom stereocenters. The van der Waals surface area contributed by atoms with Gasteiger partial charge in [-0.1, -0.05) is 54.6 Å². The van der Waals surface area contributed by atoms with Gasteiger partial charge in [0.25, 0.3) is 0 Å². The Morgan fingerprint density at radius 2 is 1.75 bits per heavy atom. The molecule has 0 bridgehead atoms. The van der Waals surface area contributed by atoms with E-state index in [0.717, 1.165) is 35.3 Å². The molecule has 140 valence electrons. The van der Waals surface area contributed by atoms with Gasteiger partial charge in [0.05, 0.1) is 15.9 Å². The number of nitrogens with zero attached hydrogens (tertiary/aromatic N) is 1. The number of aromatic nitrogens is 2. The van der Waals surface area contributed by atoms with Crippen molar-refractivity contribution in [3.8, 4) is 11.4 Å². The summed E-state index contributed by atoms with van der Waals surface area (Å²) in [6.45, 7) is 0. The quantitative estimate of drug-likeness (QED) is 0.549. The largest absolute Gasteiger partial charge is 0.338 e. The van der Waals surface area contributed by atoms with Gasteiger partial charge in [-0.15, -0.1) is 0 Å². The van der Waals surface area contributed by atoms with Crippen LogP contribution in [0.25, 0.3) is 22.4 Å². The SMILES string of the molecule is O=S(=O)(NC1CCc2ccccc21)c1ccc2nc(-c3ccccc3)[nH]c2c1. The highest BCUT2D eigenvalue weighted by Crippen LogP contribution is 2.32. The van der Waals surface area contributed by atoms with Crippen molar-refractivity contribution >= 4 is 21.1 Å². The van der Waals surface area contributed by atoms with Crippen molar-refractivity contribution in [2.45, 2.75) is 23.8 Å². The van der Waals surface area contributed by atoms with Crippen LogP contribution in [-0.4, -0.2) is 18.4 Å². The third kappa shape index (κ3) is 3.00. The fraction of sp³-hybridized carbons (Fsp3) is 0.136. The smallest absolute Gasteiger partial charge is 0.241 e. The number of aromatic amines is 1. The molecule has 1 aliphatic rings. The van der Waals surface area contributed by atoms with E-state index in [1.54, 1.807) is 18.2 Å². The van der Waals surface area contributed by atoms with Crippen LogP contribution in [-0.2, 0) is 16.4 Å². The molecule has 1 unspecified atom stereocenters. The summed E-state index contributed by atoms with van der Waals surface area (Å²) in [4.78, 5) is 8.04. The van der Waals surface area contributed by atoms with E-state index in [1.807, 2.05) is 48.5 Å². The van der Waals surface area contributed by atoms with Crippen LogP contribution in [0.15, 0.2) is 77.7 Å².